The smallest absolute Gasteiger partial charge is 0.0816 e. The van der Waals surface area contributed by atoms with Gasteiger partial charge in [0.25, 0.3) is 0 Å². The molecule has 3 aromatic carbocycles. The van der Waals surface area contributed by atoms with Gasteiger partial charge in [-0.15, -0.1) is 0 Å². The van der Waals surface area contributed by atoms with E-state index < -0.39 is 0 Å². The number of benzene rings is 3. The van der Waals surface area contributed by atoms with E-state index in [1.807, 2.05) is 12.3 Å². The molecule has 0 spiro atoms. The lowest BCUT2D eigenvalue weighted by Crippen LogP contribution is -1.97. The second-order valence-electron chi connectivity index (χ2n) is 7.25. The molecule has 0 atom stereocenters. The predicted molar refractivity (Wildman–Crippen MR) is 114 cm³/mol. The van der Waals surface area contributed by atoms with Crippen molar-refractivity contribution in [2.75, 3.05) is 0 Å². The van der Waals surface area contributed by atoms with Gasteiger partial charge < -0.3 is 4.40 Å². The van der Waals surface area contributed by atoms with Crippen molar-refractivity contribution in [1.29, 1.82) is 0 Å². The van der Waals surface area contributed by atoms with Crippen molar-refractivity contribution in [3.05, 3.63) is 85.1 Å². The van der Waals surface area contributed by atoms with Crippen molar-refractivity contribution in [2.24, 2.45) is 0 Å². The number of rotatable bonds is 0. The van der Waals surface area contributed by atoms with Crippen LogP contribution < -0.4 is 0 Å². The van der Waals surface area contributed by atoms with Gasteiger partial charge in [-0.05, 0) is 46.5 Å². The molecule has 2 nitrogen and oxygen atoms in total. The Labute approximate surface area is 154 Å². The van der Waals surface area contributed by atoms with Crippen molar-refractivity contribution >= 4 is 59.8 Å². The van der Waals surface area contributed by atoms with Gasteiger partial charge in [-0.3, -0.25) is 4.98 Å². The summed E-state index contributed by atoms with van der Waals surface area (Å²) >= 11 is 0. The van der Waals surface area contributed by atoms with Crippen LogP contribution in [0.3, 0.4) is 0 Å². The molecule has 0 N–H and O–H groups in total. The Bertz CT molecular complexity index is 1650. The van der Waals surface area contributed by atoms with Gasteiger partial charge in [0.05, 0.1) is 22.1 Å². The summed E-state index contributed by atoms with van der Waals surface area (Å²) in [5, 5.41) is 8.91. The summed E-state index contributed by atoms with van der Waals surface area (Å²) in [6, 6.07) is 28.5. The van der Waals surface area contributed by atoms with Crippen LogP contribution in [-0.2, 0) is 0 Å². The summed E-state index contributed by atoms with van der Waals surface area (Å²) in [4.78, 5) is 4.78. The Hall–Kier alpha value is -3.65. The third-order valence-electron chi connectivity index (χ3n) is 5.94. The van der Waals surface area contributed by atoms with E-state index in [-0.39, 0.29) is 0 Å². The third-order valence-corrected chi connectivity index (χ3v) is 5.94. The molecule has 0 radical (unpaired) electrons. The number of hydrogen-bond donors (Lipinski definition) is 0. The van der Waals surface area contributed by atoms with Gasteiger partial charge in [-0.2, -0.15) is 0 Å². The number of hydrogen-bond acceptors (Lipinski definition) is 1. The number of aromatic nitrogens is 2. The Kier molecular flexibility index (Phi) is 2.28. The van der Waals surface area contributed by atoms with Crippen LogP contribution in [0.1, 0.15) is 0 Å². The molecule has 0 saturated heterocycles. The van der Waals surface area contributed by atoms with Crippen LogP contribution in [0.15, 0.2) is 85.1 Å². The monoisotopic (exact) mass is 342 g/mol. The zero-order valence-electron chi connectivity index (χ0n) is 14.5. The maximum atomic E-state index is 4.78. The molecule has 0 aliphatic carbocycles. The molecule has 0 bridgehead atoms. The van der Waals surface area contributed by atoms with Crippen LogP contribution in [0.4, 0.5) is 0 Å². The van der Waals surface area contributed by atoms with Crippen molar-refractivity contribution < 1.29 is 0 Å². The van der Waals surface area contributed by atoms with E-state index in [2.05, 4.69) is 77.2 Å². The molecule has 0 amide bonds. The molecule has 124 valence electrons. The normalized spacial score (nSPS) is 12.4. The fourth-order valence-corrected chi connectivity index (χ4v) is 4.87. The first-order valence-corrected chi connectivity index (χ1v) is 9.25. The second kappa shape index (κ2) is 4.54. The van der Waals surface area contributed by atoms with E-state index >= 15 is 0 Å². The zero-order valence-corrected chi connectivity index (χ0v) is 14.5. The van der Waals surface area contributed by atoms with E-state index in [4.69, 9.17) is 4.98 Å². The third kappa shape index (κ3) is 1.51. The highest BCUT2D eigenvalue weighted by atomic mass is 14.9. The first kappa shape index (κ1) is 13.5. The predicted octanol–water partition coefficient (Wildman–Crippen LogP) is 6.54. The molecule has 7 aromatic rings. The van der Waals surface area contributed by atoms with E-state index in [0.29, 0.717) is 0 Å². The minimum Gasteiger partial charge on any atom is -0.308 e. The van der Waals surface area contributed by atoms with Gasteiger partial charge in [0, 0.05) is 27.7 Å². The maximum absolute atomic E-state index is 4.78. The molecule has 0 fully saturated rings. The first-order valence-electron chi connectivity index (χ1n) is 9.25. The minimum atomic E-state index is 1.08. The van der Waals surface area contributed by atoms with Gasteiger partial charge in [-0.25, -0.2) is 0 Å². The summed E-state index contributed by atoms with van der Waals surface area (Å²) in [5.74, 6) is 0. The van der Waals surface area contributed by atoms with Crippen LogP contribution in [0.5, 0.6) is 0 Å². The minimum absolute atomic E-state index is 1.08. The lowest BCUT2D eigenvalue weighted by molar-refractivity contribution is 1.35. The standard InChI is InChI=1S/C25H14N2/c1-2-7-16-15(6-1)14-20-24-19(10-5-13-26-24)22-12-11-21-17-8-3-4-9-18(17)23(16)25(20)27(21)22/h1-14H. The Morgan fingerprint density at radius 2 is 1.30 bits per heavy atom. The molecule has 7 rings (SSSR count). The van der Waals surface area contributed by atoms with Gasteiger partial charge >= 0.3 is 0 Å². The molecular formula is C25H14N2. The molecule has 0 aliphatic heterocycles. The molecule has 4 aromatic heterocycles. The Morgan fingerprint density at radius 3 is 2.19 bits per heavy atom. The molecular weight excluding hydrogens is 328 g/mol. The number of nitrogens with zero attached hydrogens (tertiary/aromatic N) is 2. The van der Waals surface area contributed by atoms with Crippen molar-refractivity contribution in [1.82, 2.24) is 9.38 Å². The summed E-state index contributed by atoms with van der Waals surface area (Å²) in [6.07, 6.45) is 1.90. The van der Waals surface area contributed by atoms with Crippen LogP contribution in [0.25, 0.3) is 59.8 Å². The summed E-state index contributed by atoms with van der Waals surface area (Å²) < 4.78 is 2.43. The lowest BCUT2D eigenvalue weighted by atomic mass is 9.95. The van der Waals surface area contributed by atoms with Crippen LogP contribution in [0, 0.1) is 0 Å². The van der Waals surface area contributed by atoms with Crippen LogP contribution >= 0.6 is 0 Å². The van der Waals surface area contributed by atoms with Crippen LogP contribution in [0.2, 0.25) is 0 Å². The fraction of sp³-hybridized carbons (Fsp3) is 0. The number of pyridine rings is 3. The molecule has 0 aliphatic rings. The molecule has 2 heteroatoms. The summed E-state index contributed by atoms with van der Waals surface area (Å²) in [5.41, 5.74) is 4.84. The van der Waals surface area contributed by atoms with Gasteiger partial charge in [0.2, 0.25) is 0 Å². The van der Waals surface area contributed by atoms with Gasteiger partial charge in [0.15, 0.2) is 0 Å². The zero-order chi connectivity index (χ0) is 17.5. The van der Waals surface area contributed by atoms with E-state index in [0.717, 1.165) is 5.52 Å². The molecule has 27 heavy (non-hydrogen) atoms. The maximum Gasteiger partial charge on any atom is 0.0816 e. The lowest BCUT2D eigenvalue weighted by Gasteiger charge is -2.17. The highest BCUT2D eigenvalue weighted by molar-refractivity contribution is 6.31. The van der Waals surface area contributed by atoms with Crippen molar-refractivity contribution in [2.45, 2.75) is 0 Å². The fourth-order valence-electron chi connectivity index (χ4n) is 4.87. The largest absolute Gasteiger partial charge is 0.308 e. The highest BCUT2D eigenvalue weighted by Gasteiger charge is 2.18. The topological polar surface area (TPSA) is 17.3 Å². The van der Waals surface area contributed by atoms with E-state index in [1.165, 1.54) is 54.3 Å². The van der Waals surface area contributed by atoms with E-state index in [1.54, 1.807) is 0 Å². The first-order chi connectivity index (χ1) is 13.4. The average molecular weight is 342 g/mol. The molecule has 0 saturated carbocycles. The van der Waals surface area contributed by atoms with Crippen molar-refractivity contribution in [3.8, 4) is 0 Å². The van der Waals surface area contributed by atoms with Gasteiger partial charge in [0.1, 0.15) is 0 Å². The molecule has 4 heterocycles. The quantitative estimate of drug-likeness (QED) is 0.226. The number of fused-ring (bicyclic) bond motifs is 8. The SMILES string of the molecule is c1ccc2c(c1)cc1c3ncccc3c3ccc4c5ccccc5c2c1n43. The van der Waals surface area contributed by atoms with E-state index in [9.17, 15) is 0 Å². The summed E-state index contributed by atoms with van der Waals surface area (Å²) in [6.45, 7) is 0. The molecule has 0 unspecified atom stereocenters. The summed E-state index contributed by atoms with van der Waals surface area (Å²) in [7, 11) is 0. The Balaban J connectivity index is 2.02. The van der Waals surface area contributed by atoms with Gasteiger partial charge in [-0.1, -0.05) is 48.5 Å². The average Bonchev–Trinajstić information content (AvgIpc) is 3.19. The second-order valence-corrected chi connectivity index (χ2v) is 7.25. The van der Waals surface area contributed by atoms with Crippen LogP contribution in [-0.4, -0.2) is 9.38 Å². The Morgan fingerprint density at radius 1 is 0.593 bits per heavy atom. The van der Waals surface area contributed by atoms with Crippen molar-refractivity contribution in [3.63, 3.8) is 0 Å². The highest BCUT2D eigenvalue weighted by Crippen LogP contribution is 2.42.